The molecule has 2 fully saturated rings. The monoisotopic (exact) mass is 273 g/mol. The summed E-state index contributed by atoms with van der Waals surface area (Å²) in [4.78, 5) is 25.1. The van der Waals surface area contributed by atoms with Crippen LogP contribution in [-0.2, 0) is 4.79 Å². The number of anilines is 1. The number of Topliss-reactive ketones (excluding diaryl/α,β-unsaturated/α-hetero) is 1. The van der Waals surface area contributed by atoms with Crippen molar-refractivity contribution in [1.29, 1.82) is 0 Å². The molecule has 1 aliphatic carbocycles. The molecule has 1 atom stereocenters. The maximum atomic E-state index is 11.9. The average molecular weight is 273 g/mol. The maximum absolute atomic E-state index is 11.9. The zero-order valence-corrected chi connectivity index (χ0v) is 11.4. The Morgan fingerprint density at radius 3 is 2.35 bits per heavy atom. The molecule has 4 nitrogen and oxygen atoms in total. The maximum Gasteiger partial charge on any atom is 0.308 e. The smallest absolute Gasteiger partial charge is 0.308 e. The van der Waals surface area contributed by atoms with Crippen LogP contribution in [0.15, 0.2) is 24.3 Å². The van der Waals surface area contributed by atoms with Gasteiger partial charge in [0.1, 0.15) is 0 Å². The Morgan fingerprint density at radius 2 is 1.75 bits per heavy atom. The lowest BCUT2D eigenvalue weighted by Crippen LogP contribution is -2.38. The number of ketones is 1. The molecule has 106 valence electrons. The molecule has 1 unspecified atom stereocenters. The summed E-state index contributed by atoms with van der Waals surface area (Å²) >= 11 is 0. The fourth-order valence-corrected chi connectivity index (χ4v) is 2.83. The van der Waals surface area contributed by atoms with Crippen molar-refractivity contribution in [1.82, 2.24) is 0 Å². The molecule has 1 saturated heterocycles. The van der Waals surface area contributed by atoms with E-state index in [0.29, 0.717) is 6.54 Å². The van der Waals surface area contributed by atoms with Crippen molar-refractivity contribution in [2.24, 2.45) is 11.8 Å². The minimum Gasteiger partial charge on any atom is -0.481 e. The molecule has 3 rings (SSSR count). The molecule has 0 aromatic heterocycles. The second-order valence-electron chi connectivity index (χ2n) is 5.81. The van der Waals surface area contributed by atoms with E-state index in [4.69, 9.17) is 5.11 Å². The predicted molar refractivity (Wildman–Crippen MR) is 76.1 cm³/mol. The van der Waals surface area contributed by atoms with Crippen LogP contribution >= 0.6 is 0 Å². The van der Waals surface area contributed by atoms with Crippen LogP contribution in [0.2, 0.25) is 0 Å². The number of hydrogen-bond acceptors (Lipinski definition) is 3. The van der Waals surface area contributed by atoms with Crippen LogP contribution in [0, 0.1) is 11.8 Å². The molecule has 0 spiro atoms. The van der Waals surface area contributed by atoms with Crippen LogP contribution in [0.4, 0.5) is 5.69 Å². The molecule has 4 heteroatoms. The largest absolute Gasteiger partial charge is 0.481 e. The van der Waals surface area contributed by atoms with E-state index < -0.39 is 5.97 Å². The average Bonchev–Trinajstić information content (AvgIpc) is 3.31. The first-order chi connectivity index (χ1) is 9.65. The number of carbonyl (C=O) groups is 2. The van der Waals surface area contributed by atoms with Crippen molar-refractivity contribution in [3.05, 3.63) is 29.8 Å². The van der Waals surface area contributed by atoms with Gasteiger partial charge in [-0.25, -0.2) is 0 Å². The molecule has 0 radical (unpaired) electrons. The van der Waals surface area contributed by atoms with E-state index in [9.17, 15) is 9.59 Å². The Labute approximate surface area is 118 Å². The second-order valence-corrected chi connectivity index (χ2v) is 5.81. The van der Waals surface area contributed by atoms with E-state index in [1.54, 1.807) is 0 Å². The van der Waals surface area contributed by atoms with E-state index in [-0.39, 0.29) is 17.6 Å². The summed E-state index contributed by atoms with van der Waals surface area (Å²) in [7, 11) is 0. The van der Waals surface area contributed by atoms with Gasteiger partial charge in [0.2, 0.25) is 0 Å². The Hall–Kier alpha value is -1.84. The Balaban J connectivity index is 1.70. The van der Waals surface area contributed by atoms with Crippen molar-refractivity contribution < 1.29 is 14.7 Å². The summed E-state index contributed by atoms with van der Waals surface area (Å²) in [5.74, 6) is -0.502. The molecule has 1 aliphatic heterocycles. The van der Waals surface area contributed by atoms with Gasteiger partial charge in [0.05, 0.1) is 5.92 Å². The quantitative estimate of drug-likeness (QED) is 0.857. The molecule has 0 amide bonds. The molecule has 1 N–H and O–H groups in total. The lowest BCUT2D eigenvalue weighted by Gasteiger charge is -2.32. The number of carboxylic acid groups (broad SMARTS) is 1. The highest BCUT2D eigenvalue weighted by Gasteiger charge is 2.30. The van der Waals surface area contributed by atoms with Crippen molar-refractivity contribution in [3.8, 4) is 0 Å². The minimum absolute atomic E-state index is 0.243. The third-order valence-corrected chi connectivity index (χ3v) is 4.24. The summed E-state index contributed by atoms with van der Waals surface area (Å²) in [6.45, 7) is 1.45. The standard InChI is InChI=1S/C16H19NO3/c18-15(11-3-4-11)12-5-7-14(8-6-12)17-9-1-2-13(10-17)16(19)20/h5-8,11,13H,1-4,9-10H2,(H,19,20). The van der Waals surface area contributed by atoms with E-state index in [1.807, 2.05) is 24.3 Å². The van der Waals surface area contributed by atoms with E-state index in [1.165, 1.54) is 0 Å². The molecule has 0 bridgehead atoms. The zero-order chi connectivity index (χ0) is 14.1. The van der Waals surface area contributed by atoms with Crippen LogP contribution in [0.3, 0.4) is 0 Å². The highest BCUT2D eigenvalue weighted by atomic mass is 16.4. The lowest BCUT2D eigenvalue weighted by molar-refractivity contribution is -0.141. The van der Waals surface area contributed by atoms with Gasteiger partial charge in [-0.1, -0.05) is 0 Å². The number of carboxylic acids is 1. The molecule has 2 aliphatic rings. The summed E-state index contributed by atoms with van der Waals surface area (Å²) in [6.07, 6.45) is 3.70. The van der Waals surface area contributed by atoms with Gasteiger partial charge >= 0.3 is 5.97 Å². The number of hydrogen-bond donors (Lipinski definition) is 1. The predicted octanol–water partition coefficient (Wildman–Crippen LogP) is 2.58. The SMILES string of the molecule is O=C(O)C1CCCN(c2ccc(C(=O)C3CC3)cc2)C1. The zero-order valence-electron chi connectivity index (χ0n) is 11.4. The number of rotatable bonds is 4. The summed E-state index contributed by atoms with van der Waals surface area (Å²) < 4.78 is 0. The van der Waals surface area contributed by atoms with Crippen molar-refractivity contribution in [2.75, 3.05) is 18.0 Å². The normalized spacial score (nSPS) is 22.6. The van der Waals surface area contributed by atoms with Gasteiger partial charge in [-0.2, -0.15) is 0 Å². The molecule has 1 aromatic rings. The minimum atomic E-state index is -0.713. The molecule has 1 heterocycles. The first kappa shape index (κ1) is 13.2. The molecular formula is C16H19NO3. The second kappa shape index (κ2) is 5.27. The van der Waals surface area contributed by atoms with Gasteiger partial charge in [0.15, 0.2) is 5.78 Å². The Bertz CT molecular complexity index is 519. The third kappa shape index (κ3) is 2.69. The van der Waals surface area contributed by atoms with Gasteiger partial charge in [-0.3, -0.25) is 9.59 Å². The topological polar surface area (TPSA) is 57.6 Å². The fourth-order valence-electron chi connectivity index (χ4n) is 2.83. The summed E-state index contributed by atoms with van der Waals surface area (Å²) in [6, 6.07) is 7.64. The molecular weight excluding hydrogens is 254 g/mol. The van der Waals surface area contributed by atoms with Crippen LogP contribution in [0.5, 0.6) is 0 Å². The number of piperidine rings is 1. The summed E-state index contributed by atoms with van der Waals surface area (Å²) in [5.41, 5.74) is 1.80. The first-order valence-electron chi connectivity index (χ1n) is 7.27. The van der Waals surface area contributed by atoms with Crippen LogP contribution in [-0.4, -0.2) is 29.9 Å². The van der Waals surface area contributed by atoms with Crippen LogP contribution in [0.1, 0.15) is 36.0 Å². The van der Waals surface area contributed by atoms with Gasteiger partial charge in [-0.15, -0.1) is 0 Å². The van der Waals surface area contributed by atoms with E-state index in [0.717, 1.165) is 43.5 Å². The van der Waals surface area contributed by atoms with Gasteiger partial charge in [-0.05, 0) is 49.9 Å². The summed E-state index contributed by atoms with van der Waals surface area (Å²) in [5, 5.41) is 9.12. The van der Waals surface area contributed by atoms with Crippen molar-refractivity contribution in [3.63, 3.8) is 0 Å². The van der Waals surface area contributed by atoms with Crippen molar-refractivity contribution in [2.45, 2.75) is 25.7 Å². The lowest BCUT2D eigenvalue weighted by atomic mass is 9.97. The third-order valence-electron chi connectivity index (χ3n) is 4.24. The van der Waals surface area contributed by atoms with Gasteiger partial charge in [0.25, 0.3) is 0 Å². The number of nitrogens with zero attached hydrogens (tertiary/aromatic N) is 1. The van der Waals surface area contributed by atoms with Crippen molar-refractivity contribution >= 4 is 17.4 Å². The first-order valence-corrected chi connectivity index (χ1v) is 7.27. The number of aliphatic carboxylic acids is 1. The van der Waals surface area contributed by atoms with Gasteiger partial charge in [0, 0.05) is 30.3 Å². The Morgan fingerprint density at radius 1 is 1.05 bits per heavy atom. The van der Waals surface area contributed by atoms with Gasteiger partial charge < -0.3 is 10.0 Å². The van der Waals surface area contributed by atoms with E-state index in [2.05, 4.69) is 4.90 Å². The van der Waals surface area contributed by atoms with Crippen LogP contribution < -0.4 is 4.90 Å². The van der Waals surface area contributed by atoms with Crippen LogP contribution in [0.25, 0.3) is 0 Å². The number of benzene rings is 1. The molecule has 1 aromatic carbocycles. The Kier molecular flexibility index (Phi) is 3.47. The number of carbonyl (C=O) groups excluding carboxylic acids is 1. The fraction of sp³-hybridized carbons (Fsp3) is 0.500. The highest BCUT2D eigenvalue weighted by molar-refractivity contribution is 5.99. The molecule has 1 saturated carbocycles. The molecule has 20 heavy (non-hydrogen) atoms. The highest BCUT2D eigenvalue weighted by Crippen LogP contribution is 2.33. The van der Waals surface area contributed by atoms with E-state index >= 15 is 0 Å².